The second-order valence-corrected chi connectivity index (χ2v) is 6.12. The quantitative estimate of drug-likeness (QED) is 0.803. The van der Waals surface area contributed by atoms with Gasteiger partial charge in [-0.2, -0.15) is 0 Å². The average Bonchev–Trinajstić information content (AvgIpc) is 3.07. The monoisotopic (exact) mass is 291 g/mol. The van der Waals surface area contributed by atoms with E-state index in [4.69, 9.17) is 11.6 Å². The third-order valence-corrected chi connectivity index (χ3v) is 4.55. The molecule has 1 unspecified atom stereocenters. The molecule has 1 aliphatic rings. The second kappa shape index (κ2) is 5.74. The maximum Gasteiger partial charge on any atom is 0.124 e. The molecule has 3 rings (SSSR count). The van der Waals surface area contributed by atoms with Gasteiger partial charge in [0.25, 0.3) is 0 Å². The molecule has 1 fully saturated rings. The number of halogens is 1. The van der Waals surface area contributed by atoms with Crippen molar-refractivity contribution in [1.29, 1.82) is 0 Å². The van der Waals surface area contributed by atoms with Crippen LogP contribution in [0.2, 0.25) is 0 Å². The number of imidazole rings is 1. The van der Waals surface area contributed by atoms with Gasteiger partial charge in [0, 0.05) is 12.6 Å². The number of fused-ring (bicyclic) bond motifs is 1. The average molecular weight is 292 g/mol. The van der Waals surface area contributed by atoms with Crippen LogP contribution in [0, 0.1) is 6.92 Å². The minimum atomic E-state index is 0.473. The fourth-order valence-corrected chi connectivity index (χ4v) is 3.35. The summed E-state index contributed by atoms with van der Waals surface area (Å²) < 4.78 is 2.30. The van der Waals surface area contributed by atoms with Crippen LogP contribution >= 0.6 is 11.6 Å². The highest BCUT2D eigenvalue weighted by molar-refractivity contribution is 6.16. The Bertz CT molecular complexity index is 599. The van der Waals surface area contributed by atoms with Crippen molar-refractivity contribution in [2.24, 2.45) is 0 Å². The zero-order valence-corrected chi connectivity index (χ0v) is 13.0. The smallest absolute Gasteiger partial charge is 0.124 e. The Morgan fingerprint density at radius 3 is 2.75 bits per heavy atom. The molecule has 3 nitrogen and oxygen atoms in total. The van der Waals surface area contributed by atoms with Crippen LogP contribution in [0.3, 0.4) is 0 Å². The van der Waals surface area contributed by atoms with Gasteiger partial charge in [0.15, 0.2) is 0 Å². The molecule has 0 saturated carbocycles. The molecule has 0 amide bonds. The third-order valence-electron chi connectivity index (χ3n) is 4.31. The fourth-order valence-electron chi connectivity index (χ4n) is 3.15. The van der Waals surface area contributed by atoms with E-state index in [-0.39, 0.29) is 0 Å². The summed E-state index contributed by atoms with van der Waals surface area (Å²) in [5.74, 6) is 1.46. The van der Waals surface area contributed by atoms with Crippen LogP contribution in [-0.2, 0) is 12.4 Å². The van der Waals surface area contributed by atoms with E-state index in [1.807, 2.05) is 0 Å². The lowest BCUT2D eigenvalue weighted by Crippen LogP contribution is -2.34. The van der Waals surface area contributed by atoms with Gasteiger partial charge < -0.3 is 4.57 Å². The number of benzene rings is 1. The van der Waals surface area contributed by atoms with Crippen molar-refractivity contribution in [3.05, 3.63) is 29.6 Å². The van der Waals surface area contributed by atoms with Crippen molar-refractivity contribution >= 4 is 22.6 Å². The number of likely N-dealkylation sites (tertiary alicyclic amines) is 1. The lowest BCUT2D eigenvalue weighted by atomic mass is 10.2. The Morgan fingerprint density at radius 2 is 2.05 bits per heavy atom. The molecule has 1 atom stereocenters. The highest BCUT2D eigenvalue weighted by Gasteiger charge is 2.20. The van der Waals surface area contributed by atoms with Gasteiger partial charge in [-0.25, -0.2) is 4.98 Å². The van der Waals surface area contributed by atoms with Gasteiger partial charge in [0.2, 0.25) is 0 Å². The molecule has 2 heterocycles. The summed E-state index contributed by atoms with van der Waals surface area (Å²) in [5, 5.41) is 0. The maximum atomic E-state index is 6.09. The normalized spacial score (nSPS) is 17.9. The number of nitrogens with zero attached hydrogens (tertiary/aromatic N) is 3. The van der Waals surface area contributed by atoms with E-state index < -0.39 is 0 Å². The summed E-state index contributed by atoms with van der Waals surface area (Å²) in [7, 11) is 0. The SMILES string of the molecule is Cc1ccc2nc(CCl)n(CC(C)N3CCCC3)c2c1. The largest absolute Gasteiger partial charge is 0.325 e. The Kier molecular flexibility index (Phi) is 3.99. The van der Waals surface area contributed by atoms with Gasteiger partial charge in [-0.15, -0.1) is 11.6 Å². The van der Waals surface area contributed by atoms with Gasteiger partial charge in [-0.3, -0.25) is 4.90 Å². The predicted octanol–water partition coefficient (Wildman–Crippen LogP) is 3.57. The minimum absolute atomic E-state index is 0.473. The molecule has 0 radical (unpaired) electrons. The molecule has 0 aliphatic carbocycles. The van der Waals surface area contributed by atoms with E-state index in [9.17, 15) is 0 Å². The molecule has 4 heteroatoms. The first kappa shape index (κ1) is 13.9. The molecule has 0 N–H and O–H groups in total. The molecule has 1 saturated heterocycles. The van der Waals surface area contributed by atoms with E-state index in [1.54, 1.807) is 0 Å². The highest BCUT2D eigenvalue weighted by atomic mass is 35.5. The Hall–Kier alpha value is -1.06. The van der Waals surface area contributed by atoms with E-state index in [0.717, 1.165) is 17.9 Å². The number of hydrogen-bond acceptors (Lipinski definition) is 2. The maximum absolute atomic E-state index is 6.09. The second-order valence-electron chi connectivity index (χ2n) is 5.86. The van der Waals surface area contributed by atoms with Gasteiger partial charge in [0.05, 0.1) is 16.9 Å². The van der Waals surface area contributed by atoms with E-state index >= 15 is 0 Å². The van der Waals surface area contributed by atoms with Gasteiger partial charge in [0.1, 0.15) is 5.82 Å². The summed E-state index contributed by atoms with van der Waals surface area (Å²) in [6.07, 6.45) is 2.66. The number of aryl methyl sites for hydroxylation is 1. The first-order chi connectivity index (χ1) is 9.69. The number of alkyl halides is 1. The zero-order chi connectivity index (χ0) is 14.1. The van der Waals surface area contributed by atoms with Crippen molar-refractivity contribution in [3.63, 3.8) is 0 Å². The van der Waals surface area contributed by atoms with Crippen molar-refractivity contribution in [1.82, 2.24) is 14.5 Å². The molecule has 0 spiro atoms. The summed E-state index contributed by atoms with van der Waals surface area (Å²) >= 11 is 6.09. The lowest BCUT2D eigenvalue weighted by molar-refractivity contribution is 0.236. The van der Waals surface area contributed by atoms with Crippen LogP contribution in [0.5, 0.6) is 0 Å². The molecule has 1 aromatic carbocycles. The van der Waals surface area contributed by atoms with Crippen molar-refractivity contribution in [2.45, 2.75) is 45.2 Å². The van der Waals surface area contributed by atoms with Crippen LogP contribution in [0.4, 0.5) is 0 Å². The molecular formula is C16H22ClN3. The molecule has 1 aliphatic heterocycles. The van der Waals surface area contributed by atoms with E-state index in [2.05, 4.69) is 46.5 Å². The molecule has 20 heavy (non-hydrogen) atoms. The van der Waals surface area contributed by atoms with Crippen LogP contribution in [0.15, 0.2) is 18.2 Å². The third kappa shape index (κ3) is 2.57. The van der Waals surface area contributed by atoms with Crippen LogP contribution < -0.4 is 0 Å². The Morgan fingerprint density at radius 1 is 1.30 bits per heavy atom. The van der Waals surface area contributed by atoms with Crippen molar-refractivity contribution in [2.75, 3.05) is 13.1 Å². The van der Waals surface area contributed by atoms with Gasteiger partial charge in [-0.1, -0.05) is 6.07 Å². The highest BCUT2D eigenvalue weighted by Crippen LogP contribution is 2.21. The summed E-state index contributed by atoms with van der Waals surface area (Å²) in [6.45, 7) is 7.86. The first-order valence-corrected chi connectivity index (χ1v) is 7.98. The Labute approximate surface area is 125 Å². The molecular weight excluding hydrogens is 270 g/mol. The molecule has 0 bridgehead atoms. The molecule has 1 aromatic heterocycles. The summed E-state index contributed by atoms with van der Waals surface area (Å²) in [4.78, 5) is 7.23. The van der Waals surface area contributed by atoms with Crippen LogP contribution in [0.25, 0.3) is 11.0 Å². The van der Waals surface area contributed by atoms with E-state index in [1.165, 1.54) is 37.0 Å². The van der Waals surface area contributed by atoms with Crippen LogP contribution in [-0.4, -0.2) is 33.6 Å². The number of aromatic nitrogens is 2. The van der Waals surface area contributed by atoms with Crippen LogP contribution in [0.1, 0.15) is 31.2 Å². The van der Waals surface area contributed by atoms with E-state index in [0.29, 0.717) is 11.9 Å². The van der Waals surface area contributed by atoms with Gasteiger partial charge in [-0.05, 0) is 57.5 Å². The Balaban J connectivity index is 1.94. The first-order valence-electron chi connectivity index (χ1n) is 7.45. The van der Waals surface area contributed by atoms with Crippen molar-refractivity contribution < 1.29 is 0 Å². The standard InChI is InChI=1S/C16H22ClN3/c1-12-5-6-14-15(9-12)20(16(10-17)18-14)11-13(2)19-7-3-4-8-19/h5-6,9,13H,3-4,7-8,10-11H2,1-2H3. The predicted molar refractivity (Wildman–Crippen MR) is 84.3 cm³/mol. The summed E-state index contributed by atoms with van der Waals surface area (Å²) in [5.41, 5.74) is 3.54. The summed E-state index contributed by atoms with van der Waals surface area (Å²) in [6, 6.07) is 6.96. The lowest BCUT2D eigenvalue weighted by Gasteiger charge is -2.25. The number of hydrogen-bond donors (Lipinski definition) is 0. The van der Waals surface area contributed by atoms with Crippen molar-refractivity contribution in [3.8, 4) is 0 Å². The minimum Gasteiger partial charge on any atom is -0.325 e. The zero-order valence-electron chi connectivity index (χ0n) is 12.3. The fraction of sp³-hybridized carbons (Fsp3) is 0.562. The number of rotatable bonds is 4. The molecule has 2 aromatic rings. The topological polar surface area (TPSA) is 21.1 Å². The van der Waals surface area contributed by atoms with Gasteiger partial charge >= 0.3 is 0 Å². The molecule has 108 valence electrons.